The number of nitrogens with one attached hydrogen (secondary N) is 1. The third kappa shape index (κ3) is 3.43. The molecule has 1 N–H and O–H groups in total. The topological polar surface area (TPSA) is 73.0 Å². The van der Waals surface area contributed by atoms with Gasteiger partial charge in [-0.2, -0.15) is 5.10 Å². The second-order valence-electron chi connectivity index (χ2n) is 5.63. The molecule has 3 heterocycles. The van der Waals surface area contributed by atoms with Crippen molar-refractivity contribution in [1.82, 2.24) is 20.1 Å². The van der Waals surface area contributed by atoms with Gasteiger partial charge in [0.1, 0.15) is 22.5 Å². The number of amides is 1. The number of nitrogens with zero attached hydrogens (tertiary/aromatic N) is 3. The predicted octanol–water partition coefficient (Wildman–Crippen LogP) is 3.62. The Hall–Kier alpha value is -3.19. The maximum absolute atomic E-state index is 12.5. The highest BCUT2D eigenvalue weighted by Crippen LogP contribution is 2.23. The molecule has 4 aromatic rings. The van der Waals surface area contributed by atoms with Crippen LogP contribution in [0, 0.1) is 0 Å². The fourth-order valence-electron chi connectivity index (χ4n) is 2.64. The molecule has 0 bridgehead atoms. The molecule has 0 radical (unpaired) electrons. The van der Waals surface area contributed by atoms with Gasteiger partial charge in [0.2, 0.25) is 0 Å². The van der Waals surface area contributed by atoms with Crippen molar-refractivity contribution in [2.75, 3.05) is 6.54 Å². The first-order valence-corrected chi connectivity index (χ1v) is 9.01. The Morgan fingerprint density at radius 2 is 2.08 bits per heavy atom. The Bertz CT molecular complexity index is 928. The molecule has 0 aliphatic rings. The highest BCUT2D eigenvalue weighted by molar-refractivity contribution is 7.13. The third-order valence-corrected chi connectivity index (χ3v) is 4.82. The molecule has 26 heavy (non-hydrogen) atoms. The first-order chi connectivity index (χ1) is 12.8. The lowest BCUT2D eigenvalue weighted by molar-refractivity contribution is 0.0944. The van der Waals surface area contributed by atoms with Crippen LogP contribution >= 0.6 is 11.3 Å². The SMILES string of the molecule is O=C(NC[C@@H](c1ccco1)n1cccn1)c1csc(-c2ccccc2)n1. The summed E-state index contributed by atoms with van der Waals surface area (Å²) >= 11 is 1.45. The van der Waals surface area contributed by atoms with Crippen molar-refractivity contribution in [3.05, 3.63) is 84.0 Å². The Morgan fingerprint density at radius 1 is 1.19 bits per heavy atom. The summed E-state index contributed by atoms with van der Waals surface area (Å²) < 4.78 is 7.25. The molecule has 0 spiro atoms. The lowest BCUT2D eigenvalue weighted by Gasteiger charge is -2.15. The van der Waals surface area contributed by atoms with E-state index in [1.54, 1.807) is 22.5 Å². The van der Waals surface area contributed by atoms with E-state index in [1.165, 1.54) is 11.3 Å². The van der Waals surface area contributed by atoms with Crippen LogP contribution in [-0.2, 0) is 0 Å². The van der Waals surface area contributed by atoms with Crippen LogP contribution in [0.3, 0.4) is 0 Å². The van der Waals surface area contributed by atoms with Gasteiger partial charge in [0.15, 0.2) is 0 Å². The average molecular weight is 364 g/mol. The van der Waals surface area contributed by atoms with Crippen LogP contribution in [0.5, 0.6) is 0 Å². The number of thiazole rings is 1. The molecule has 130 valence electrons. The van der Waals surface area contributed by atoms with E-state index in [4.69, 9.17) is 4.42 Å². The predicted molar refractivity (Wildman–Crippen MR) is 99.0 cm³/mol. The lowest BCUT2D eigenvalue weighted by atomic mass is 10.2. The van der Waals surface area contributed by atoms with Gasteiger partial charge in [-0.25, -0.2) is 4.98 Å². The summed E-state index contributed by atoms with van der Waals surface area (Å²) in [6.45, 7) is 0.353. The molecule has 1 atom stereocenters. The highest BCUT2D eigenvalue weighted by atomic mass is 32.1. The number of hydrogen-bond donors (Lipinski definition) is 1. The monoisotopic (exact) mass is 364 g/mol. The minimum Gasteiger partial charge on any atom is -0.467 e. The maximum Gasteiger partial charge on any atom is 0.270 e. The minimum atomic E-state index is -0.216. The normalized spacial score (nSPS) is 12.0. The molecule has 1 amide bonds. The highest BCUT2D eigenvalue weighted by Gasteiger charge is 2.19. The van der Waals surface area contributed by atoms with Gasteiger partial charge in [0.05, 0.1) is 6.26 Å². The molecule has 6 nitrogen and oxygen atoms in total. The van der Waals surface area contributed by atoms with E-state index in [1.807, 2.05) is 54.7 Å². The summed E-state index contributed by atoms with van der Waals surface area (Å²) in [6.07, 6.45) is 5.15. The van der Waals surface area contributed by atoms with E-state index in [2.05, 4.69) is 15.4 Å². The molecule has 0 saturated heterocycles. The van der Waals surface area contributed by atoms with Gasteiger partial charge in [-0.15, -0.1) is 11.3 Å². The summed E-state index contributed by atoms with van der Waals surface area (Å²) in [5, 5.41) is 9.78. The van der Waals surface area contributed by atoms with Crippen LogP contribution < -0.4 is 5.32 Å². The zero-order chi connectivity index (χ0) is 17.8. The minimum absolute atomic E-state index is 0.212. The molecule has 0 aliphatic carbocycles. The van der Waals surface area contributed by atoms with Gasteiger partial charge in [0, 0.05) is 29.9 Å². The molecule has 7 heteroatoms. The standard InChI is InChI=1S/C19H16N4O2S/c24-18(15-13-26-19(22-15)14-6-2-1-3-7-14)20-12-16(17-8-4-11-25-17)23-10-5-9-21-23/h1-11,13,16H,12H2,(H,20,24)/t16-/m0/s1. The zero-order valence-corrected chi connectivity index (χ0v) is 14.6. The van der Waals surface area contributed by atoms with Crippen molar-refractivity contribution < 1.29 is 9.21 Å². The summed E-state index contributed by atoms with van der Waals surface area (Å²) in [7, 11) is 0. The molecule has 1 aromatic carbocycles. The van der Waals surface area contributed by atoms with E-state index >= 15 is 0 Å². The molecule has 0 fully saturated rings. The quantitative estimate of drug-likeness (QED) is 0.567. The van der Waals surface area contributed by atoms with E-state index in [0.717, 1.165) is 16.3 Å². The van der Waals surface area contributed by atoms with Crippen molar-refractivity contribution in [3.8, 4) is 10.6 Å². The number of furan rings is 1. The van der Waals surface area contributed by atoms with Gasteiger partial charge in [-0.1, -0.05) is 30.3 Å². The lowest BCUT2D eigenvalue weighted by Crippen LogP contribution is -2.31. The number of hydrogen-bond acceptors (Lipinski definition) is 5. The fraction of sp³-hybridized carbons (Fsp3) is 0.105. The molecule has 0 aliphatic heterocycles. The van der Waals surface area contributed by atoms with Gasteiger partial charge < -0.3 is 9.73 Å². The second kappa shape index (κ2) is 7.37. The first kappa shape index (κ1) is 16.3. The van der Waals surface area contributed by atoms with Crippen molar-refractivity contribution >= 4 is 17.2 Å². The fourth-order valence-corrected chi connectivity index (χ4v) is 3.45. The van der Waals surface area contributed by atoms with Crippen LogP contribution in [0.25, 0.3) is 10.6 Å². The van der Waals surface area contributed by atoms with Gasteiger partial charge in [-0.05, 0) is 18.2 Å². The van der Waals surface area contributed by atoms with Gasteiger partial charge in [-0.3, -0.25) is 9.48 Å². The Kier molecular flexibility index (Phi) is 4.61. The van der Waals surface area contributed by atoms with E-state index < -0.39 is 0 Å². The van der Waals surface area contributed by atoms with Crippen LogP contribution in [0.1, 0.15) is 22.3 Å². The van der Waals surface area contributed by atoms with Gasteiger partial charge >= 0.3 is 0 Å². The van der Waals surface area contributed by atoms with Crippen molar-refractivity contribution in [2.45, 2.75) is 6.04 Å². The maximum atomic E-state index is 12.5. The van der Waals surface area contributed by atoms with E-state index in [9.17, 15) is 4.79 Å². The largest absolute Gasteiger partial charge is 0.467 e. The summed E-state index contributed by atoms with van der Waals surface area (Å²) in [5.41, 5.74) is 1.41. The Morgan fingerprint density at radius 3 is 2.81 bits per heavy atom. The summed E-state index contributed by atoms with van der Waals surface area (Å²) in [6, 6.07) is 15.1. The average Bonchev–Trinajstić information content (AvgIpc) is 3.44. The molecule has 0 saturated carbocycles. The van der Waals surface area contributed by atoms with Crippen LogP contribution in [0.2, 0.25) is 0 Å². The number of benzene rings is 1. The molecular formula is C19H16N4O2S. The van der Waals surface area contributed by atoms with Crippen LogP contribution in [0.15, 0.2) is 77.0 Å². The van der Waals surface area contributed by atoms with Gasteiger partial charge in [0.25, 0.3) is 5.91 Å². The van der Waals surface area contributed by atoms with E-state index in [-0.39, 0.29) is 11.9 Å². The number of aromatic nitrogens is 3. The summed E-state index contributed by atoms with van der Waals surface area (Å²) in [5.74, 6) is 0.518. The zero-order valence-electron chi connectivity index (χ0n) is 13.8. The van der Waals surface area contributed by atoms with E-state index in [0.29, 0.717) is 12.2 Å². The van der Waals surface area contributed by atoms with Crippen molar-refractivity contribution in [1.29, 1.82) is 0 Å². The summed E-state index contributed by atoms with van der Waals surface area (Å²) in [4.78, 5) is 17.0. The van der Waals surface area contributed by atoms with Crippen molar-refractivity contribution in [2.24, 2.45) is 0 Å². The molecule has 3 aromatic heterocycles. The Labute approximate surface area is 154 Å². The first-order valence-electron chi connectivity index (χ1n) is 8.13. The van der Waals surface area contributed by atoms with Crippen LogP contribution in [-0.4, -0.2) is 27.2 Å². The van der Waals surface area contributed by atoms with Crippen molar-refractivity contribution in [3.63, 3.8) is 0 Å². The second-order valence-corrected chi connectivity index (χ2v) is 6.49. The smallest absolute Gasteiger partial charge is 0.270 e. The molecular weight excluding hydrogens is 348 g/mol. The number of carbonyl (C=O) groups excluding carboxylic acids is 1. The third-order valence-electron chi connectivity index (χ3n) is 3.93. The molecule has 4 rings (SSSR count). The number of rotatable bonds is 6. The number of carbonyl (C=O) groups is 1. The molecule has 0 unspecified atom stereocenters. The Balaban J connectivity index is 1.47. The van der Waals surface area contributed by atoms with Crippen LogP contribution in [0.4, 0.5) is 0 Å².